The van der Waals surface area contributed by atoms with E-state index in [1.165, 1.54) is 0 Å². The van der Waals surface area contributed by atoms with Gasteiger partial charge in [0.1, 0.15) is 4.90 Å². The van der Waals surface area contributed by atoms with Gasteiger partial charge in [0.05, 0.1) is 0 Å². The van der Waals surface area contributed by atoms with Gasteiger partial charge in [-0.05, 0) is 30.9 Å². The molecule has 0 saturated carbocycles. The molecule has 0 aliphatic carbocycles. The van der Waals surface area contributed by atoms with Gasteiger partial charge in [0.25, 0.3) is 0 Å². The summed E-state index contributed by atoms with van der Waals surface area (Å²) in [5, 5.41) is 8.89. The maximum absolute atomic E-state index is 13.5. The van der Waals surface area contributed by atoms with Crippen LogP contribution in [0.5, 0.6) is 0 Å². The van der Waals surface area contributed by atoms with Crippen LogP contribution in [0.4, 0.5) is 13.2 Å². The molecule has 2 N–H and O–H groups in total. The van der Waals surface area contributed by atoms with Crippen molar-refractivity contribution < 1.29 is 26.7 Å². The van der Waals surface area contributed by atoms with Crippen molar-refractivity contribution in [2.75, 3.05) is 13.2 Å². The number of aliphatic hydroxyl groups excluding tert-OH is 1. The van der Waals surface area contributed by atoms with E-state index < -0.39 is 32.4 Å². The number of halogens is 3. The Morgan fingerprint density at radius 1 is 1.19 bits per heavy atom. The highest BCUT2D eigenvalue weighted by Gasteiger charge is 2.24. The number of aliphatic hydroxyl groups is 1. The third-order valence-electron chi connectivity index (χ3n) is 3.09. The van der Waals surface area contributed by atoms with Gasteiger partial charge >= 0.3 is 0 Å². The zero-order chi connectivity index (χ0) is 16.0. The van der Waals surface area contributed by atoms with Crippen LogP contribution in [-0.4, -0.2) is 26.7 Å². The van der Waals surface area contributed by atoms with Crippen LogP contribution in [0.3, 0.4) is 0 Å². The first-order valence-corrected chi connectivity index (χ1v) is 8.05. The lowest BCUT2D eigenvalue weighted by Crippen LogP contribution is -2.30. The molecule has 120 valence electrons. The maximum atomic E-state index is 13.5. The van der Waals surface area contributed by atoms with Crippen molar-refractivity contribution in [3.63, 3.8) is 0 Å². The molecule has 0 aliphatic rings. The van der Waals surface area contributed by atoms with Crippen molar-refractivity contribution in [3.05, 3.63) is 29.6 Å². The molecule has 8 heteroatoms. The molecule has 1 aromatic carbocycles. The predicted octanol–water partition coefficient (Wildman–Crippen LogP) is 2.18. The molecule has 0 aliphatic heterocycles. The van der Waals surface area contributed by atoms with Crippen LogP contribution in [0.1, 0.15) is 26.2 Å². The Balaban J connectivity index is 2.89. The van der Waals surface area contributed by atoms with Crippen LogP contribution < -0.4 is 4.72 Å². The Morgan fingerprint density at radius 2 is 1.86 bits per heavy atom. The third kappa shape index (κ3) is 4.69. The summed E-state index contributed by atoms with van der Waals surface area (Å²) in [6, 6.07) is 1.24. The second-order valence-electron chi connectivity index (χ2n) is 4.69. The summed E-state index contributed by atoms with van der Waals surface area (Å²) in [5.74, 6) is -5.12. The van der Waals surface area contributed by atoms with Gasteiger partial charge in [-0.1, -0.05) is 13.3 Å². The first-order valence-electron chi connectivity index (χ1n) is 6.57. The van der Waals surface area contributed by atoms with E-state index >= 15 is 0 Å². The van der Waals surface area contributed by atoms with E-state index in [2.05, 4.69) is 4.72 Å². The monoisotopic (exact) mass is 325 g/mol. The van der Waals surface area contributed by atoms with Crippen LogP contribution in [-0.2, 0) is 10.0 Å². The van der Waals surface area contributed by atoms with Crippen molar-refractivity contribution in [2.24, 2.45) is 5.92 Å². The lowest BCUT2D eigenvalue weighted by molar-refractivity contribution is 0.251. The van der Waals surface area contributed by atoms with E-state index in [4.69, 9.17) is 5.11 Å². The summed E-state index contributed by atoms with van der Waals surface area (Å²) in [7, 11) is -4.28. The van der Waals surface area contributed by atoms with E-state index in [9.17, 15) is 21.6 Å². The second kappa shape index (κ2) is 7.77. The number of benzene rings is 1. The maximum Gasteiger partial charge on any atom is 0.243 e. The summed E-state index contributed by atoms with van der Waals surface area (Å²) < 4.78 is 65.4. The van der Waals surface area contributed by atoms with Gasteiger partial charge < -0.3 is 5.11 Å². The summed E-state index contributed by atoms with van der Waals surface area (Å²) in [6.45, 7) is 1.81. The van der Waals surface area contributed by atoms with Crippen LogP contribution in [0.25, 0.3) is 0 Å². The van der Waals surface area contributed by atoms with E-state index in [-0.39, 0.29) is 19.1 Å². The smallest absolute Gasteiger partial charge is 0.243 e. The highest BCUT2D eigenvalue weighted by molar-refractivity contribution is 7.89. The predicted molar refractivity (Wildman–Crippen MR) is 71.6 cm³/mol. The van der Waals surface area contributed by atoms with Crippen LogP contribution in [0.2, 0.25) is 0 Å². The SMILES string of the molecule is CCCC(CCO)CNS(=O)(=O)c1ccc(F)c(F)c1F. The molecule has 0 spiro atoms. The fraction of sp³-hybridized carbons (Fsp3) is 0.538. The Hall–Kier alpha value is -1.12. The van der Waals surface area contributed by atoms with Gasteiger partial charge in [-0.3, -0.25) is 0 Å². The molecule has 0 heterocycles. The van der Waals surface area contributed by atoms with E-state index in [1.54, 1.807) is 0 Å². The molecule has 0 amide bonds. The Labute approximate surface area is 122 Å². The topological polar surface area (TPSA) is 66.4 Å². The second-order valence-corrected chi connectivity index (χ2v) is 6.43. The molecular formula is C13H18F3NO3S. The number of rotatable bonds is 8. The Bertz CT molecular complexity index is 572. The van der Waals surface area contributed by atoms with Gasteiger partial charge in [-0.25, -0.2) is 26.3 Å². The molecule has 21 heavy (non-hydrogen) atoms. The minimum absolute atomic E-state index is 0.00479. The number of hydrogen-bond donors (Lipinski definition) is 2. The molecule has 0 radical (unpaired) electrons. The van der Waals surface area contributed by atoms with E-state index in [0.717, 1.165) is 6.42 Å². The fourth-order valence-corrected chi connectivity index (χ4v) is 3.14. The minimum Gasteiger partial charge on any atom is -0.396 e. The van der Waals surface area contributed by atoms with Crippen LogP contribution in [0, 0.1) is 23.4 Å². The molecule has 0 saturated heterocycles. The van der Waals surface area contributed by atoms with Crippen LogP contribution >= 0.6 is 0 Å². The standard InChI is InChI=1S/C13H18F3NO3S/c1-2-3-9(6-7-18)8-17-21(19,20)11-5-4-10(14)12(15)13(11)16/h4-5,9,17-18H,2-3,6-8H2,1H3. The van der Waals surface area contributed by atoms with Crippen molar-refractivity contribution in [3.8, 4) is 0 Å². The van der Waals surface area contributed by atoms with Gasteiger partial charge in [-0.2, -0.15) is 0 Å². The number of nitrogens with one attached hydrogen (secondary N) is 1. The average molecular weight is 325 g/mol. The quantitative estimate of drug-likeness (QED) is 0.720. The number of hydrogen-bond acceptors (Lipinski definition) is 3. The van der Waals surface area contributed by atoms with Gasteiger partial charge in [0, 0.05) is 13.2 Å². The molecule has 1 unspecified atom stereocenters. The third-order valence-corrected chi connectivity index (χ3v) is 4.53. The lowest BCUT2D eigenvalue weighted by Gasteiger charge is -2.16. The largest absolute Gasteiger partial charge is 0.396 e. The Morgan fingerprint density at radius 3 is 2.43 bits per heavy atom. The van der Waals surface area contributed by atoms with Crippen molar-refractivity contribution in [2.45, 2.75) is 31.1 Å². The fourth-order valence-electron chi connectivity index (χ4n) is 1.96. The van der Waals surface area contributed by atoms with Gasteiger partial charge in [-0.15, -0.1) is 0 Å². The molecule has 1 aromatic rings. The van der Waals surface area contributed by atoms with Gasteiger partial charge in [0.2, 0.25) is 10.0 Å². The highest BCUT2D eigenvalue weighted by atomic mass is 32.2. The Kier molecular flexibility index (Phi) is 6.63. The lowest BCUT2D eigenvalue weighted by atomic mass is 10.0. The first kappa shape index (κ1) is 17.9. The normalized spacial score (nSPS) is 13.4. The summed E-state index contributed by atoms with van der Waals surface area (Å²) in [6.07, 6.45) is 1.88. The summed E-state index contributed by atoms with van der Waals surface area (Å²) >= 11 is 0. The van der Waals surface area contributed by atoms with Crippen molar-refractivity contribution in [1.29, 1.82) is 0 Å². The molecule has 0 aromatic heterocycles. The van der Waals surface area contributed by atoms with E-state index in [1.807, 2.05) is 6.92 Å². The highest BCUT2D eigenvalue weighted by Crippen LogP contribution is 2.20. The molecule has 0 bridgehead atoms. The van der Waals surface area contributed by atoms with Gasteiger partial charge in [0.15, 0.2) is 17.5 Å². The van der Waals surface area contributed by atoms with Crippen molar-refractivity contribution in [1.82, 2.24) is 4.72 Å². The number of sulfonamides is 1. The first-order chi connectivity index (χ1) is 9.83. The molecule has 0 fully saturated rings. The van der Waals surface area contributed by atoms with Crippen molar-refractivity contribution >= 4 is 10.0 Å². The minimum atomic E-state index is -4.28. The molecule has 1 atom stereocenters. The van der Waals surface area contributed by atoms with Crippen LogP contribution in [0.15, 0.2) is 17.0 Å². The molecular weight excluding hydrogens is 307 g/mol. The average Bonchev–Trinajstić information content (AvgIpc) is 2.42. The van der Waals surface area contributed by atoms with E-state index in [0.29, 0.717) is 25.0 Å². The summed E-state index contributed by atoms with van der Waals surface area (Å²) in [5.41, 5.74) is 0. The molecule has 1 rings (SSSR count). The summed E-state index contributed by atoms with van der Waals surface area (Å²) in [4.78, 5) is -0.930. The zero-order valence-electron chi connectivity index (χ0n) is 11.6. The zero-order valence-corrected chi connectivity index (χ0v) is 12.4. The molecule has 4 nitrogen and oxygen atoms in total.